The molecular weight excluding hydrogens is 244 g/mol. The first-order valence-corrected chi connectivity index (χ1v) is 7.99. The predicted molar refractivity (Wildman–Crippen MR) is 77.5 cm³/mol. The van der Waals surface area contributed by atoms with Crippen molar-refractivity contribution in [3.05, 3.63) is 12.4 Å². The highest BCUT2D eigenvalue weighted by atomic mass is 32.2. The zero-order chi connectivity index (χ0) is 13.1. The van der Waals surface area contributed by atoms with E-state index in [1.165, 1.54) is 12.2 Å². The van der Waals surface area contributed by atoms with Gasteiger partial charge in [-0.25, -0.2) is 0 Å². The number of Topliss-reactive ketones (excluding diaryl/α,β-unsaturated/α-hetero) is 1. The molecule has 4 heteroatoms. The summed E-state index contributed by atoms with van der Waals surface area (Å²) in [5, 5.41) is 7.51. The van der Waals surface area contributed by atoms with Crippen LogP contribution in [0.15, 0.2) is 12.4 Å². The fourth-order valence-corrected chi connectivity index (χ4v) is 4.23. The zero-order valence-corrected chi connectivity index (χ0v) is 12.2. The summed E-state index contributed by atoms with van der Waals surface area (Å²) in [6.07, 6.45) is 4.16. The molecule has 0 aromatic rings. The summed E-state index contributed by atoms with van der Waals surface area (Å²) in [6.45, 7) is 7.91. The molecule has 102 valence electrons. The number of hydrogen-bond donors (Lipinski definition) is 2. The molecule has 0 aliphatic carbocycles. The molecular formula is C14H24N2OS. The van der Waals surface area contributed by atoms with Crippen molar-refractivity contribution in [2.45, 2.75) is 56.9 Å². The molecule has 2 saturated heterocycles. The van der Waals surface area contributed by atoms with Gasteiger partial charge in [0.15, 0.2) is 0 Å². The quantitative estimate of drug-likeness (QED) is 0.725. The molecule has 3 atom stereocenters. The van der Waals surface area contributed by atoms with E-state index in [0.717, 1.165) is 25.1 Å². The third kappa shape index (κ3) is 3.22. The van der Waals surface area contributed by atoms with E-state index in [1.807, 2.05) is 13.8 Å². The van der Waals surface area contributed by atoms with Crippen molar-refractivity contribution in [1.29, 1.82) is 0 Å². The number of ketones is 1. The Bertz CT molecular complexity index is 330. The Kier molecular flexibility index (Phi) is 4.60. The second kappa shape index (κ2) is 6.00. The molecule has 0 saturated carbocycles. The first-order chi connectivity index (χ1) is 8.58. The molecule has 0 unspecified atom stereocenters. The van der Waals surface area contributed by atoms with E-state index in [4.69, 9.17) is 0 Å². The van der Waals surface area contributed by atoms with E-state index in [0.29, 0.717) is 23.1 Å². The standard InChI is InChI=1S/C14H24N2OS/c1-9(2)12(17)6-4-5-7-13-14-11(8-18-13)15-10(3)16-14/h9,11,13-16H,3-8H2,1-2H3/t11-,13-,14-/m0/s1. The molecule has 18 heavy (non-hydrogen) atoms. The average Bonchev–Trinajstić information content (AvgIpc) is 2.84. The van der Waals surface area contributed by atoms with E-state index >= 15 is 0 Å². The van der Waals surface area contributed by atoms with Gasteiger partial charge in [-0.3, -0.25) is 4.79 Å². The van der Waals surface area contributed by atoms with E-state index in [2.05, 4.69) is 29.0 Å². The first kappa shape index (κ1) is 13.8. The summed E-state index contributed by atoms with van der Waals surface area (Å²) in [6, 6.07) is 1.10. The summed E-state index contributed by atoms with van der Waals surface area (Å²) in [5.41, 5.74) is 0. The Morgan fingerprint density at radius 2 is 2.22 bits per heavy atom. The number of hydrogen-bond acceptors (Lipinski definition) is 4. The smallest absolute Gasteiger partial charge is 0.135 e. The summed E-state index contributed by atoms with van der Waals surface area (Å²) in [7, 11) is 0. The lowest BCUT2D eigenvalue weighted by Crippen LogP contribution is -2.36. The molecule has 2 rings (SSSR count). The monoisotopic (exact) mass is 268 g/mol. The summed E-state index contributed by atoms with van der Waals surface area (Å²) < 4.78 is 0. The maximum absolute atomic E-state index is 11.5. The largest absolute Gasteiger partial charge is 0.367 e. The predicted octanol–water partition coefficient (Wildman–Crippen LogP) is 2.29. The fraction of sp³-hybridized carbons (Fsp3) is 0.786. The van der Waals surface area contributed by atoms with Gasteiger partial charge in [-0.15, -0.1) is 0 Å². The number of nitrogens with one attached hydrogen (secondary N) is 2. The van der Waals surface area contributed by atoms with Crippen LogP contribution in [0.5, 0.6) is 0 Å². The molecule has 0 radical (unpaired) electrons. The van der Waals surface area contributed by atoms with Gasteiger partial charge in [0.2, 0.25) is 0 Å². The summed E-state index contributed by atoms with van der Waals surface area (Å²) in [5.74, 6) is 2.75. The van der Waals surface area contributed by atoms with Crippen LogP contribution < -0.4 is 10.6 Å². The molecule has 0 amide bonds. The van der Waals surface area contributed by atoms with E-state index < -0.39 is 0 Å². The highest BCUT2D eigenvalue weighted by Crippen LogP contribution is 2.34. The molecule has 2 N–H and O–H groups in total. The molecule has 3 nitrogen and oxygen atoms in total. The van der Waals surface area contributed by atoms with Gasteiger partial charge in [0, 0.05) is 23.3 Å². The summed E-state index contributed by atoms with van der Waals surface area (Å²) >= 11 is 2.05. The lowest BCUT2D eigenvalue weighted by molar-refractivity contribution is -0.122. The molecule has 2 aliphatic rings. The Morgan fingerprint density at radius 3 is 2.94 bits per heavy atom. The Balaban J connectivity index is 1.66. The molecule has 0 aromatic heterocycles. The van der Waals surface area contributed by atoms with Crippen LogP contribution in [0.2, 0.25) is 0 Å². The van der Waals surface area contributed by atoms with Gasteiger partial charge in [-0.1, -0.05) is 26.8 Å². The van der Waals surface area contributed by atoms with Crippen molar-refractivity contribution in [2.24, 2.45) is 5.92 Å². The second-order valence-corrected chi connectivity index (χ2v) is 6.91. The van der Waals surface area contributed by atoms with Gasteiger partial charge in [0.05, 0.1) is 17.9 Å². The third-order valence-corrected chi connectivity index (χ3v) is 5.34. The highest BCUT2D eigenvalue weighted by molar-refractivity contribution is 8.00. The first-order valence-electron chi connectivity index (χ1n) is 6.94. The van der Waals surface area contributed by atoms with Crippen molar-refractivity contribution < 1.29 is 4.79 Å². The molecule has 2 heterocycles. The van der Waals surface area contributed by atoms with Crippen LogP contribution in [0.3, 0.4) is 0 Å². The summed E-state index contributed by atoms with van der Waals surface area (Å²) in [4.78, 5) is 11.5. The number of rotatable bonds is 6. The molecule has 2 aliphatic heterocycles. The number of unbranched alkanes of at least 4 members (excludes halogenated alkanes) is 1. The van der Waals surface area contributed by atoms with Crippen LogP contribution >= 0.6 is 11.8 Å². The van der Waals surface area contributed by atoms with Crippen LogP contribution in [0.25, 0.3) is 0 Å². The topological polar surface area (TPSA) is 41.1 Å². The van der Waals surface area contributed by atoms with E-state index in [9.17, 15) is 4.79 Å². The normalized spacial score (nSPS) is 30.2. The van der Waals surface area contributed by atoms with Crippen LogP contribution in [0, 0.1) is 5.92 Å². The maximum Gasteiger partial charge on any atom is 0.135 e. The van der Waals surface area contributed by atoms with Gasteiger partial charge in [-0.2, -0.15) is 11.8 Å². The minimum atomic E-state index is 0.194. The molecule has 0 aromatic carbocycles. The Labute approximate surface area is 114 Å². The highest BCUT2D eigenvalue weighted by Gasteiger charge is 2.40. The van der Waals surface area contributed by atoms with Crippen molar-refractivity contribution >= 4 is 17.5 Å². The number of carbonyl (C=O) groups excluding carboxylic acids is 1. The lowest BCUT2D eigenvalue weighted by Gasteiger charge is -2.17. The van der Waals surface area contributed by atoms with Gasteiger partial charge in [-0.05, 0) is 12.8 Å². The van der Waals surface area contributed by atoms with Gasteiger partial charge >= 0.3 is 0 Å². The van der Waals surface area contributed by atoms with Crippen LogP contribution in [0.1, 0.15) is 39.5 Å². The Hall–Kier alpha value is -0.640. The average molecular weight is 268 g/mol. The van der Waals surface area contributed by atoms with Crippen molar-refractivity contribution in [3.63, 3.8) is 0 Å². The third-order valence-electron chi connectivity index (χ3n) is 3.83. The number of carbonyl (C=O) groups is 1. The zero-order valence-electron chi connectivity index (χ0n) is 11.4. The van der Waals surface area contributed by atoms with E-state index in [-0.39, 0.29) is 5.92 Å². The SMILES string of the molecule is C=C1N[C@H]2[C@H](CS[C@H]2CCCCC(=O)C(C)C)N1. The van der Waals surface area contributed by atoms with Crippen LogP contribution in [0.4, 0.5) is 0 Å². The van der Waals surface area contributed by atoms with E-state index in [1.54, 1.807) is 0 Å². The molecule has 0 bridgehead atoms. The molecule has 0 spiro atoms. The fourth-order valence-electron chi connectivity index (χ4n) is 2.68. The van der Waals surface area contributed by atoms with Crippen molar-refractivity contribution in [1.82, 2.24) is 10.6 Å². The van der Waals surface area contributed by atoms with Gasteiger partial charge < -0.3 is 10.6 Å². The minimum Gasteiger partial charge on any atom is -0.367 e. The second-order valence-electron chi connectivity index (χ2n) is 5.64. The Morgan fingerprint density at radius 1 is 1.44 bits per heavy atom. The van der Waals surface area contributed by atoms with Crippen LogP contribution in [-0.2, 0) is 4.79 Å². The van der Waals surface area contributed by atoms with Crippen molar-refractivity contribution in [3.8, 4) is 0 Å². The van der Waals surface area contributed by atoms with Crippen LogP contribution in [-0.4, -0.2) is 28.9 Å². The lowest BCUT2D eigenvalue weighted by atomic mass is 10.00. The van der Waals surface area contributed by atoms with Crippen molar-refractivity contribution in [2.75, 3.05) is 5.75 Å². The molecule has 2 fully saturated rings. The minimum absolute atomic E-state index is 0.194. The number of thioether (sulfide) groups is 1. The maximum atomic E-state index is 11.5. The van der Waals surface area contributed by atoms with Gasteiger partial charge in [0.1, 0.15) is 5.78 Å². The number of fused-ring (bicyclic) bond motifs is 1. The van der Waals surface area contributed by atoms with Gasteiger partial charge in [0.25, 0.3) is 0 Å².